The van der Waals surface area contributed by atoms with Crippen molar-refractivity contribution in [3.05, 3.63) is 58.7 Å². The summed E-state index contributed by atoms with van der Waals surface area (Å²) in [6.07, 6.45) is 0.911. The Hall–Kier alpha value is -3.06. The summed E-state index contributed by atoms with van der Waals surface area (Å²) in [5.41, 5.74) is 8.33. The topological polar surface area (TPSA) is 93.9 Å². The number of rotatable bonds is 7. The Morgan fingerprint density at radius 2 is 1.71 bits per heavy atom. The van der Waals surface area contributed by atoms with E-state index in [0.717, 1.165) is 31.0 Å². The zero-order valence-corrected chi connectivity index (χ0v) is 16.2. The number of methoxy groups -OCH3 is 2. The first-order valence-corrected chi connectivity index (χ1v) is 9.16. The van der Waals surface area contributed by atoms with Crippen molar-refractivity contribution in [2.45, 2.75) is 13.0 Å². The van der Waals surface area contributed by atoms with Crippen molar-refractivity contribution < 1.29 is 19.1 Å². The number of primary amides is 1. The highest BCUT2D eigenvalue weighted by Crippen LogP contribution is 2.33. The quantitative estimate of drug-likeness (QED) is 0.757. The molecule has 2 aromatic carbocycles. The molecular weight excluding hydrogens is 358 g/mol. The van der Waals surface area contributed by atoms with Gasteiger partial charge in [0.05, 0.1) is 25.3 Å². The molecule has 7 heteroatoms. The number of nitrogens with two attached hydrogens (primary N) is 1. The largest absolute Gasteiger partial charge is 0.493 e. The molecule has 0 aromatic heterocycles. The van der Waals surface area contributed by atoms with Gasteiger partial charge in [-0.2, -0.15) is 0 Å². The summed E-state index contributed by atoms with van der Waals surface area (Å²) in [5.74, 6) is 0.565. The molecule has 0 aliphatic carbocycles. The van der Waals surface area contributed by atoms with Crippen LogP contribution < -0.4 is 20.5 Å². The molecule has 2 amide bonds. The number of nitrogens with zero attached hydrogens (tertiary/aromatic N) is 1. The predicted molar refractivity (Wildman–Crippen MR) is 106 cm³/mol. The fourth-order valence-corrected chi connectivity index (χ4v) is 3.45. The number of amides is 2. The van der Waals surface area contributed by atoms with Crippen LogP contribution >= 0.6 is 0 Å². The van der Waals surface area contributed by atoms with E-state index in [4.69, 9.17) is 15.2 Å². The maximum absolute atomic E-state index is 12.4. The molecule has 0 atom stereocenters. The second-order valence-corrected chi connectivity index (χ2v) is 6.67. The minimum Gasteiger partial charge on any atom is -0.493 e. The van der Waals surface area contributed by atoms with Crippen LogP contribution in [0.5, 0.6) is 11.5 Å². The summed E-state index contributed by atoms with van der Waals surface area (Å²) in [7, 11) is 3.27. The van der Waals surface area contributed by atoms with Crippen LogP contribution in [0.25, 0.3) is 0 Å². The summed E-state index contributed by atoms with van der Waals surface area (Å²) in [6.45, 7) is 2.87. The first-order chi connectivity index (χ1) is 13.5. The number of ether oxygens (including phenoxy) is 2. The van der Waals surface area contributed by atoms with Crippen molar-refractivity contribution in [3.63, 3.8) is 0 Å². The second-order valence-electron chi connectivity index (χ2n) is 6.67. The van der Waals surface area contributed by atoms with Gasteiger partial charge in [0.2, 0.25) is 5.91 Å². The van der Waals surface area contributed by atoms with E-state index >= 15 is 0 Å². The number of nitrogens with one attached hydrogen (secondary N) is 1. The highest BCUT2D eigenvalue weighted by molar-refractivity contribution is 6.06. The molecule has 1 aliphatic heterocycles. The average Bonchev–Trinajstić information content (AvgIpc) is 2.72. The van der Waals surface area contributed by atoms with Gasteiger partial charge in [0, 0.05) is 26.2 Å². The molecule has 148 valence electrons. The van der Waals surface area contributed by atoms with Gasteiger partial charge in [-0.3, -0.25) is 14.5 Å². The first kappa shape index (κ1) is 19.7. The van der Waals surface area contributed by atoms with Gasteiger partial charge in [-0.1, -0.05) is 12.1 Å². The lowest BCUT2D eigenvalue weighted by Crippen LogP contribution is -2.38. The molecule has 0 unspecified atom stereocenters. The van der Waals surface area contributed by atoms with Crippen LogP contribution in [0.15, 0.2) is 36.4 Å². The van der Waals surface area contributed by atoms with Crippen molar-refractivity contribution in [2.75, 3.05) is 33.9 Å². The Bertz CT molecular complexity index is 882. The number of hydrogen-bond donors (Lipinski definition) is 2. The van der Waals surface area contributed by atoms with E-state index in [2.05, 4.69) is 10.2 Å². The Morgan fingerprint density at radius 1 is 1.07 bits per heavy atom. The van der Waals surface area contributed by atoms with Crippen LogP contribution in [0.1, 0.15) is 31.8 Å². The molecule has 0 saturated heterocycles. The van der Waals surface area contributed by atoms with Gasteiger partial charge in [0.25, 0.3) is 5.91 Å². The Morgan fingerprint density at radius 3 is 2.36 bits per heavy atom. The van der Waals surface area contributed by atoms with Gasteiger partial charge in [-0.25, -0.2) is 0 Å². The minimum absolute atomic E-state index is 0.230. The third kappa shape index (κ3) is 4.26. The van der Waals surface area contributed by atoms with Crippen LogP contribution in [0.2, 0.25) is 0 Å². The van der Waals surface area contributed by atoms with Gasteiger partial charge < -0.3 is 20.5 Å². The monoisotopic (exact) mass is 383 g/mol. The SMILES string of the molecule is COc1cc2c(cc1OC)CN(CCNC(=O)c1ccccc1C(N)=O)CC2. The molecule has 3 N–H and O–H groups in total. The van der Waals surface area contributed by atoms with Gasteiger partial charge in [-0.15, -0.1) is 0 Å². The third-order valence-corrected chi connectivity index (χ3v) is 4.95. The zero-order chi connectivity index (χ0) is 20.1. The molecule has 1 heterocycles. The molecule has 0 bridgehead atoms. The number of carbonyl (C=O) groups excluding carboxylic acids is 2. The lowest BCUT2D eigenvalue weighted by Gasteiger charge is -2.29. The summed E-state index contributed by atoms with van der Waals surface area (Å²) < 4.78 is 10.8. The van der Waals surface area contributed by atoms with Crippen LogP contribution in [-0.2, 0) is 13.0 Å². The molecule has 0 spiro atoms. The van der Waals surface area contributed by atoms with Gasteiger partial charge >= 0.3 is 0 Å². The highest BCUT2D eigenvalue weighted by atomic mass is 16.5. The Kier molecular flexibility index (Phi) is 6.16. The van der Waals surface area contributed by atoms with Gasteiger partial charge in [-0.05, 0) is 41.8 Å². The molecule has 0 fully saturated rings. The second kappa shape index (κ2) is 8.75. The van der Waals surface area contributed by atoms with Crippen molar-refractivity contribution in [1.82, 2.24) is 10.2 Å². The lowest BCUT2D eigenvalue weighted by atomic mass is 9.99. The van der Waals surface area contributed by atoms with Gasteiger partial charge in [0.15, 0.2) is 11.5 Å². The number of hydrogen-bond acceptors (Lipinski definition) is 5. The van der Waals surface area contributed by atoms with Crippen molar-refractivity contribution >= 4 is 11.8 Å². The minimum atomic E-state index is -0.609. The normalized spacial score (nSPS) is 13.5. The van der Waals surface area contributed by atoms with E-state index in [0.29, 0.717) is 18.7 Å². The van der Waals surface area contributed by atoms with E-state index in [9.17, 15) is 9.59 Å². The standard InChI is InChI=1S/C21H25N3O4/c1-27-18-11-14-7-9-24(13-15(14)12-19(18)28-2)10-8-23-21(26)17-6-4-3-5-16(17)20(22)25/h3-6,11-12H,7-10,13H2,1-2H3,(H2,22,25)(H,23,26). The highest BCUT2D eigenvalue weighted by Gasteiger charge is 2.20. The van der Waals surface area contributed by atoms with Crippen molar-refractivity contribution in [2.24, 2.45) is 5.73 Å². The molecule has 0 saturated carbocycles. The number of benzene rings is 2. The molecule has 1 aliphatic rings. The van der Waals surface area contributed by atoms with E-state index < -0.39 is 5.91 Å². The lowest BCUT2D eigenvalue weighted by molar-refractivity contribution is 0.0931. The maximum Gasteiger partial charge on any atom is 0.252 e. The van der Waals surface area contributed by atoms with E-state index in [1.165, 1.54) is 11.1 Å². The number of carbonyl (C=O) groups is 2. The van der Waals surface area contributed by atoms with E-state index in [-0.39, 0.29) is 11.5 Å². The molecule has 2 aromatic rings. The van der Waals surface area contributed by atoms with Crippen molar-refractivity contribution in [3.8, 4) is 11.5 Å². The molecule has 28 heavy (non-hydrogen) atoms. The van der Waals surface area contributed by atoms with Gasteiger partial charge in [0.1, 0.15) is 0 Å². The van der Waals surface area contributed by atoms with Crippen LogP contribution in [0.3, 0.4) is 0 Å². The molecule has 3 rings (SSSR count). The molecule has 0 radical (unpaired) electrons. The first-order valence-electron chi connectivity index (χ1n) is 9.16. The fourth-order valence-electron chi connectivity index (χ4n) is 3.45. The average molecular weight is 383 g/mol. The smallest absolute Gasteiger partial charge is 0.252 e. The Balaban J connectivity index is 1.58. The summed E-state index contributed by atoms with van der Waals surface area (Å²) in [5, 5.41) is 2.87. The summed E-state index contributed by atoms with van der Waals surface area (Å²) in [6, 6.07) is 10.6. The van der Waals surface area contributed by atoms with E-state index in [1.807, 2.05) is 12.1 Å². The summed E-state index contributed by atoms with van der Waals surface area (Å²) in [4.78, 5) is 26.1. The Labute approximate surface area is 164 Å². The predicted octanol–water partition coefficient (Wildman–Crippen LogP) is 1.59. The van der Waals surface area contributed by atoms with E-state index in [1.54, 1.807) is 38.5 Å². The molecule has 7 nitrogen and oxygen atoms in total. The zero-order valence-electron chi connectivity index (χ0n) is 16.2. The molecular formula is C21H25N3O4. The summed E-state index contributed by atoms with van der Waals surface area (Å²) >= 11 is 0. The maximum atomic E-state index is 12.4. The fraction of sp³-hybridized carbons (Fsp3) is 0.333. The van der Waals surface area contributed by atoms with Crippen molar-refractivity contribution in [1.29, 1.82) is 0 Å². The van der Waals surface area contributed by atoms with Crippen LogP contribution in [0, 0.1) is 0 Å². The van der Waals surface area contributed by atoms with Crippen LogP contribution in [-0.4, -0.2) is 50.6 Å². The van der Waals surface area contributed by atoms with Crippen LogP contribution in [0.4, 0.5) is 0 Å². The number of fused-ring (bicyclic) bond motifs is 1. The third-order valence-electron chi connectivity index (χ3n) is 4.95.